The molecule has 1 heterocycles. The number of phenolic OH excluding ortho intramolecular Hbond substituents is 1. The van der Waals surface area contributed by atoms with Gasteiger partial charge in [0.2, 0.25) is 5.91 Å². The number of β-amino-alcohol motifs (C(OH)–C–C–N with tert-alkyl or cyclic N) is 1. The Bertz CT molecular complexity index is 1270. The van der Waals surface area contributed by atoms with Gasteiger partial charge in [-0.2, -0.15) is 5.26 Å². The first kappa shape index (κ1) is 26.3. The van der Waals surface area contributed by atoms with Crippen LogP contribution >= 0.6 is 11.6 Å². The van der Waals surface area contributed by atoms with Crippen LogP contribution in [-0.4, -0.2) is 53.7 Å². The first-order valence-corrected chi connectivity index (χ1v) is 12.5. The highest BCUT2D eigenvalue weighted by molar-refractivity contribution is 6.30. The predicted octanol–water partition coefficient (Wildman–Crippen LogP) is 2.33. The summed E-state index contributed by atoms with van der Waals surface area (Å²) in [5.74, 6) is -0.643. The second-order valence-electron chi connectivity index (χ2n) is 9.30. The van der Waals surface area contributed by atoms with E-state index in [9.17, 15) is 25.1 Å². The molecule has 1 fully saturated rings. The summed E-state index contributed by atoms with van der Waals surface area (Å²) in [6, 6.07) is 11.8. The highest BCUT2D eigenvalue weighted by Gasteiger charge is 2.45. The van der Waals surface area contributed by atoms with Crippen molar-refractivity contribution < 1.29 is 19.8 Å². The van der Waals surface area contributed by atoms with Crippen molar-refractivity contribution in [1.82, 2.24) is 16.0 Å². The molecule has 0 saturated heterocycles. The van der Waals surface area contributed by atoms with Crippen LogP contribution in [0.15, 0.2) is 41.4 Å². The van der Waals surface area contributed by atoms with E-state index in [0.29, 0.717) is 29.6 Å². The van der Waals surface area contributed by atoms with E-state index < -0.39 is 17.4 Å². The number of rotatable bonds is 8. The Morgan fingerprint density at radius 2 is 2.05 bits per heavy atom. The molecule has 2 atom stereocenters. The maximum Gasteiger partial charge on any atom is 0.251 e. The van der Waals surface area contributed by atoms with E-state index >= 15 is 0 Å². The number of carbonyl (C=O) groups excluding carboxylic acids is 2. The van der Waals surface area contributed by atoms with Gasteiger partial charge in [0.15, 0.2) is 5.96 Å². The average molecular weight is 525 g/mol. The smallest absolute Gasteiger partial charge is 0.251 e. The van der Waals surface area contributed by atoms with Crippen LogP contribution in [0.4, 0.5) is 5.69 Å². The minimum absolute atomic E-state index is 0.135. The number of guanidine groups is 1. The molecule has 11 heteroatoms. The quantitative estimate of drug-likeness (QED) is 0.309. The topological polar surface area (TPSA) is 159 Å². The van der Waals surface area contributed by atoms with Crippen molar-refractivity contribution in [3.63, 3.8) is 0 Å². The Kier molecular flexibility index (Phi) is 7.86. The summed E-state index contributed by atoms with van der Waals surface area (Å²) in [6.45, 7) is 2.23. The number of nitrogens with one attached hydrogen (secondary N) is 4. The fourth-order valence-corrected chi connectivity index (χ4v) is 4.42. The van der Waals surface area contributed by atoms with Crippen LogP contribution in [0.1, 0.15) is 53.7 Å². The summed E-state index contributed by atoms with van der Waals surface area (Å²) in [4.78, 5) is 29.5. The van der Waals surface area contributed by atoms with Gasteiger partial charge in [0, 0.05) is 28.9 Å². The monoisotopic (exact) mass is 524 g/mol. The summed E-state index contributed by atoms with van der Waals surface area (Å²) < 4.78 is 0. The lowest BCUT2D eigenvalue weighted by atomic mass is 9.93. The molecule has 2 aromatic rings. The second-order valence-corrected chi connectivity index (χ2v) is 9.73. The van der Waals surface area contributed by atoms with Crippen LogP contribution in [0.3, 0.4) is 0 Å². The summed E-state index contributed by atoms with van der Waals surface area (Å²) in [6.07, 6.45) is 1.61. The van der Waals surface area contributed by atoms with E-state index in [-0.39, 0.29) is 36.4 Å². The van der Waals surface area contributed by atoms with Gasteiger partial charge in [-0.25, -0.2) is 0 Å². The number of carbonyl (C=O) groups is 2. The average Bonchev–Trinajstić information content (AvgIpc) is 3.68. The summed E-state index contributed by atoms with van der Waals surface area (Å²) in [5.41, 5.74) is 1.75. The standard InChI is InChI=1S/C26H29ClN6O4/c1-2-22(15-5-17(9-18(27)6-15)26(14-28)3-4-26)33-23(36)13-29-24(37)16-7-19(10-20(34)8-16)32-25-30-11-21(35)12-31-25/h5-10,21-22,34-35H,2-4,11-13H2,1H3,(H,29,37)(H,33,36)(H2,30,31,32). The molecular formula is C26H29ClN6O4. The Morgan fingerprint density at radius 1 is 1.27 bits per heavy atom. The molecular weight excluding hydrogens is 496 g/mol. The molecule has 2 unspecified atom stereocenters. The largest absolute Gasteiger partial charge is 0.508 e. The van der Waals surface area contributed by atoms with E-state index in [2.05, 4.69) is 32.3 Å². The number of aliphatic hydroxyl groups is 1. The van der Waals surface area contributed by atoms with Gasteiger partial charge in [-0.1, -0.05) is 24.6 Å². The molecule has 0 spiro atoms. The number of anilines is 1. The van der Waals surface area contributed by atoms with Crippen molar-refractivity contribution in [1.29, 1.82) is 5.26 Å². The van der Waals surface area contributed by atoms with E-state index in [1.165, 1.54) is 18.2 Å². The SMILES string of the molecule is CCC(NC(=O)CNC(=O)c1cc(O)cc(NC2=NCC(O)CN2)c1)c1cc(Cl)cc(C2(C#N)CC2)c1. The molecule has 2 aromatic carbocycles. The number of aromatic hydroxyl groups is 1. The van der Waals surface area contributed by atoms with Crippen LogP contribution in [0.25, 0.3) is 0 Å². The van der Waals surface area contributed by atoms with Crippen molar-refractivity contribution in [2.45, 2.75) is 43.7 Å². The molecule has 37 heavy (non-hydrogen) atoms. The van der Waals surface area contributed by atoms with E-state index in [0.717, 1.165) is 24.0 Å². The lowest BCUT2D eigenvalue weighted by Crippen LogP contribution is -2.42. The van der Waals surface area contributed by atoms with Gasteiger partial charge >= 0.3 is 0 Å². The minimum Gasteiger partial charge on any atom is -0.508 e. The number of nitriles is 1. The van der Waals surface area contributed by atoms with Crippen molar-refractivity contribution >= 4 is 35.1 Å². The fourth-order valence-electron chi connectivity index (χ4n) is 4.18. The lowest BCUT2D eigenvalue weighted by molar-refractivity contribution is -0.120. The number of nitrogens with zero attached hydrogens (tertiary/aromatic N) is 2. The number of aliphatic imine (C=N–C) groups is 1. The third-order valence-corrected chi connectivity index (χ3v) is 6.62. The van der Waals surface area contributed by atoms with Gasteiger partial charge in [-0.05, 0) is 54.7 Å². The molecule has 194 valence electrons. The molecule has 0 radical (unpaired) electrons. The minimum atomic E-state index is -0.567. The normalized spacial score (nSPS) is 18.4. The number of aliphatic hydroxyl groups excluding tert-OH is 1. The molecule has 4 rings (SSSR count). The highest BCUT2D eigenvalue weighted by atomic mass is 35.5. The van der Waals surface area contributed by atoms with Crippen molar-refractivity contribution in [2.24, 2.45) is 4.99 Å². The Labute approximate surface area is 219 Å². The maximum atomic E-state index is 12.7. The van der Waals surface area contributed by atoms with Crippen molar-refractivity contribution in [3.05, 3.63) is 58.1 Å². The Balaban J connectivity index is 1.37. The Morgan fingerprint density at radius 3 is 2.70 bits per heavy atom. The number of hydrogen-bond donors (Lipinski definition) is 6. The number of halogens is 1. The van der Waals surface area contributed by atoms with Gasteiger partial charge in [-0.3, -0.25) is 14.6 Å². The van der Waals surface area contributed by atoms with Crippen molar-refractivity contribution in [3.8, 4) is 11.8 Å². The summed E-state index contributed by atoms with van der Waals surface area (Å²) in [5, 5.41) is 41.0. The first-order chi connectivity index (χ1) is 17.7. The van der Waals surface area contributed by atoms with Gasteiger partial charge in [0.1, 0.15) is 5.75 Å². The number of phenols is 1. The van der Waals surface area contributed by atoms with Crippen LogP contribution in [-0.2, 0) is 10.2 Å². The zero-order chi connectivity index (χ0) is 26.6. The number of hydrogen-bond acceptors (Lipinski definition) is 8. The van der Waals surface area contributed by atoms with Crippen LogP contribution in [0.2, 0.25) is 5.02 Å². The molecule has 2 aliphatic rings. The second kappa shape index (κ2) is 11.1. The maximum absolute atomic E-state index is 12.7. The van der Waals surface area contributed by atoms with Gasteiger partial charge < -0.3 is 31.5 Å². The molecule has 10 nitrogen and oxygen atoms in total. The molecule has 1 saturated carbocycles. The zero-order valence-electron chi connectivity index (χ0n) is 20.3. The first-order valence-electron chi connectivity index (χ1n) is 12.1. The van der Waals surface area contributed by atoms with Crippen molar-refractivity contribution in [2.75, 3.05) is 25.0 Å². The Hall–Kier alpha value is -3.81. The summed E-state index contributed by atoms with van der Waals surface area (Å²) in [7, 11) is 0. The molecule has 6 N–H and O–H groups in total. The zero-order valence-corrected chi connectivity index (χ0v) is 21.1. The molecule has 0 bridgehead atoms. The molecule has 1 aliphatic heterocycles. The van der Waals surface area contributed by atoms with Gasteiger partial charge in [0.25, 0.3) is 5.91 Å². The summed E-state index contributed by atoms with van der Waals surface area (Å²) >= 11 is 6.32. The van der Waals surface area contributed by atoms with E-state index in [1.807, 2.05) is 13.0 Å². The number of benzene rings is 2. The number of amides is 2. The van der Waals surface area contributed by atoms with Crippen LogP contribution in [0.5, 0.6) is 5.75 Å². The molecule has 0 aromatic heterocycles. The highest BCUT2D eigenvalue weighted by Crippen LogP contribution is 2.48. The van der Waals surface area contributed by atoms with E-state index in [4.69, 9.17) is 11.6 Å². The predicted molar refractivity (Wildman–Crippen MR) is 140 cm³/mol. The molecule has 1 aliphatic carbocycles. The third kappa shape index (κ3) is 6.50. The van der Waals surface area contributed by atoms with Gasteiger partial charge in [0.05, 0.1) is 36.7 Å². The lowest BCUT2D eigenvalue weighted by Gasteiger charge is -2.20. The van der Waals surface area contributed by atoms with Gasteiger partial charge in [-0.15, -0.1) is 0 Å². The molecule has 2 amide bonds. The van der Waals surface area contributed by atoms with Crippen LogP contribution < -0.4 is 21.3 Å². The van der Waals surface area contributed by atoms with E-state index in [1.54, 1.807) is 12.1 Å². The third-order valence-electron chi connectivity index (χ3n) is 6.40. The fraction of sp³-hybridized carbons (Fsp3) is 0.385. The van der Waals surface area contributed by atoms with Crippen LogP contribution in [0, 0.1) is 11.3 Å².